The number of aromatic nitrogens is 3. The van der Waals surface area contributed by atoms with Crippen LogP contribution in [0.1, 0.15) is 5.56 Å². The van der Waals surface area contributed by atoms with E-state index < -0.39 is 19.8 Å². The largest absolute Gasteiger partial charge is 0.416 e. The lowest BCUT2D eigenvalue weighted by Gasteiger charge is -2.13. The molecule has 3 aromatic rings. The second-order valence-electron chi connectivity index (χ2n) is 7.04. The monoisotopic (exact) mass is 395 g/mol. The summed E-state index contributed by atoms with van der Waals surface area (Å²) in [5.74, 6) is 0. The van der Waals surface area contributed by atoms with Crippen LogP contribution >= 0.6 is 11.6 Å². The molecule has 0 amide bonds. The summed E-state index contributed by atoms with van der Waals surface area (Å²) in [5, 5.41) is 9.77. The summed E-state index contributed by atoms with van der Waals surface area (Å²) >= 11 is 6.10. The van der Waals surface area contributed by atoms with Crippen molar-refractivity contribution < 1.29 is 13.2 Å². The highest BCUT2D eigenvalue weighted by atomic mass is 35.5. The van der Waals surface area contributed by atoms with Gasteiger partial charge in [-0.2, -0.15) is 13.2 Å². The second kappa shape index (κ2) is 6.55. The second-order valence-corrected chi connectivity index (χ2v) is 12.5. The predicted octanol–water partition coefficient (Wildman–Crippen LogP) is 5.15. The third kappa shape index (κ3) is 3.83. The minimum absolute atomic E-state index is 0.419. The minimum Gasteiger partial charge on any atom is -0.220 e. The molecule has 3 nitrogen and oxygen atoms in total. The Morgan fingerprint density at radius 3 is 2.38 bits per heavy atom. The molecule has 0 aliphatic carbocycles. The smallest absolute Gasteiger partial charge is 0.220 e. The number of alkyl halides is 3. The number of halogens is 4. The Bertz CT molecular complexity index is 945. The Kier molecular flexibility index (Phi) is 4.70. The fourth-order valence-electron chi connectivity index (χ4n) is 2.53. The van der Waals surface area contributed by atoms with Gasteiger partial charge in [-0.25, -0.2) is 4.68 Å². The molecule has 0 aliphatic rings. The van der Waals surface area contributed by atoms with E-state index in [-0.39, 0.29) is 0 Å². The number of benzene rings is 2. The van der Waals surface area contributed by atoms with E-state index in [4.69, 9.17) is 11.6 Å². The highest BCUT2D eigenvalue weighted by Gasteiger charge is 2.30. The summed E-state index contributed by atoms with van der Waals surface area (Å²) in [6.45, 7) is 6.45. The van der Waals surface area contributed by atoms with E-state index in [1.165, 1.54) is 6.07 Å². The van der Waals surface area contributed by atoms with Crippen LogP contribution in [0.3, 0.4) is 0 Å². The minimum atomic E-state index is -4.41. The molecule has 8 heteroatoms. The van der Waals surface area contributed by atoms with Gasteiger partial charge in [0.15, 0.2) is 0 Å². The van der Waals surface area contributed by atoms with Gasteiger partial charge in [-0.15, -0.1) is 5.10 Å². The van der Waals surface area contributed by atoms with Crippen LogP contribution in [0.2, 0.25) is 24.7 Å². The SMILES string of the molecule is C[Si](C)(C)c1cn(-c2ccc(Cl)cc2-c2cccc(C(F)(F)F)c2)nn1. The van der Waals surface area contributed by atoms with Crippen LogP contribution in [0, 0.1) is 0 Å². The zero-order chi connectivity index (χ0) is 19.1. The summed E-state index contributed by atoms with van der Waals surface area (Å²) < 4.78 is 40.8. The molecule has 1 aromatic heterocycles. The van der Waals surface area contributed by atoms with Crippen molar-refractivity contribution in [1.29, 1.82) is 0 Å². The van der Waals surface area contributed by atoms with Gasteiger partial charge in [0, 0.05) is 16.8 Å². The van der Waals surface area contributed by atoms with Crippen molar-refractivity contribution in [2.75, 3.05) is 0 Å². The normalized spacial score (nSPS) is 12.4. The molecule has 0 saturated carbocycles. The van der Waals surface area contributed by atoms with Gasteiger partial charge in [0.05, 0.1) is 16.6 Å². The van der Waals surface area contributed by atoms with Crippen molar-refractivity contribution in [2.45, 2.75) is 25.8 Å². The van der Waals surface area contributed by atoms with Crippen molar-refractivity contribution in [3.8, 4) is 16.8 Å². The lowest BCUT2D eigenvalue weighted by molar-refractivity contribution is -0.137. The lowest BCUT2D eigenvalue weighted by atomic mass is 10.0. The Labute approximate surface area is 155 Å². The van der Waals surface area contributed by atoms with E-state index in [9.17, 15) is 13.2 Å². The number of hydrogen-bond acceptors (Lipinski definition) is 2. The van der Waals surface area contributed by atoms with Crippen molar-refractivity contribution >= 4 is 25.0 Å². The van der Waals surface area contributed by atoms with Crippen molar-refractivity contribution in [1.82, 2.24) is 15.0 Å². The molecule has 0 fully saturated rings. The lowest BCUT2D eigenvalue weighted by Crippen LogP contribution is -2.38. The maximum absolute atomic E-state index is 13.1. The molecule has 0 radical (unpaired) electrons. The highest BCUT2D eigenvalue weighted by Crippen LogP contribution is 2.35. The van der Waals surface area contributed by atoms with E-state index in [0.717, 1.165) is 17.4 Å². The molecule has 0 atom stereocenters. The first-order valence-corrected chi connectivity index (χ1v) is 11.8. The fourth-order valence-corrected chi connectivity index (χ4v) is 3.55. The molecule has 0 saturated heterocycles. The van der Waals surface area contributed by atoms with Crippen LogP contribution in [-0.2, 0) is 6.18 Å². The summed E-state index contributed by atoms with van der Waals surface area (Å²) in [6.07, 6.45) is -2.57. The van der Waals surface area contributed by atoms with Crippen molar-refractivity contribution in [3.63, 3.8) is 0 Å². The summed E-state index contributed by atoms with van der Waals surface area (Å²) in [5.41, 5.74) is 0.908. The fraction of sp³-hybridized carbons (Fsp3) is 0.222. The van der Waals surface area contributed by atoms with E-state index in [1.54, 1.807) is 28.9 Å². The Morgan fingerprint density at radius 2 is 1.77 bits per heavy atom. The Hall–Kier alpha value is -2.12. The van der Waals surface area contributed by atoms with Crippen molar-refractivity contribution in [3.05, 3.63) is 59.2 Å². The van der Waals surface area contributed by atoms with Gasteiger partial charge in [-0.3, -0.25) is 0 Å². The molecule has 136 valence electrons. The molecule has 3 rings (SSSR count). The molecule has 26 heavy (non-hydrogen) atoms. The molecule has 2 aromatic carbocycles. The molecule has 0 unspecified atom stereocenters. The third-order valence-corrected chi connectivity index (χ3v) is 5.97. The third-order valence-electron chi connectivity index (χ3n) is 3.97. The highest BCUT2D eigenvalue weighted by molar-refractivity contribution is 6.88. The molecule has 1 heterocycles. The van der Waals surface area contributed by atoms with Crippen LogP contribution in [0.5, 0.6) is 0 Å². The summed E-state index contributed by atoms with van der Waals surface area (Å²) in [7, 11) is -1.66. The van der Waals surface area contributed by atoms with E-state index >= 15 is 0 Å². The first kappa shape index (κ1) is 18.7. The van der Waals surface area contributed by atoms with Crippen LogP contribution in [0.15, 0.2) is 48.7 Å². The number of rotatable bonds is 3. The first-order valence-electron chi connectivity index (χ1n) is 7.96. The predicted molar refractivity (Wildman–Crippen MR) is 99.8 cm³/mol. The maximum atomic E-state index is 13.1. The molecule has 0 aliphatic heterocycles. The van der Waals surface area contributed by atoms with Gasteiger partial charge < -0.3 is 0 Å². The average Bonchev–Trinajstić information content (AvgIpc) is 3.04. The maximum Gasteiger partial charge on any atom is 0.416 e. The van der Waals surface area contributed by atoms with E-state index in [0.29, 0.717) is 21.8 Å². The Balaban J connectivity index is 2.15. The molecule has 0 spiro atoms. The number of hydrogen-bond donors (Lipinski definition) is 0. The molecule has 0 N–H and O–H groups in total. The zero-order valence-electron chi connectivity index (χ0n) is 14.5. The first-order chi connectivity index (χ1) is 12.1. The van der Waals surface area contributed by atoms with Crippen molar-refractivity contribution in [2.24, 2.45) is 0 Å². The van der Waals surface area contributed by atoms with Crippen LogP contribution in [0.4, 0.5) is 13.2 Å². The van der Waals surface area contributed by atoms with Crippen LogP contribution in [0.25, 0.3) is 16.8 Å². The topological polar surface area (TPSA) is 30.7 Å². The van der Waals surface area contributed by atoms with Gasteiger partial charge in [-0.05, 0) is 35.9 Å². The van der Waals surface area contributed by atoms with E-state index in [1.807, 2.05) is 6.20 Å². The number of nitrogens with zero attached hydrogens (tertiary/aromatic N) is 3. The standard InChI is InChI=1S/C18H17ClF3N3Si/c1-26(2,3)17-11-25(24-23-17)16-8-7-14(19)10-15(16)12-5-4-6-13(9-12)18(20,21)22/h4-11H,1-3H3. The molecular weight excluding hydrogens is 379 g/mol. The average molecular weight is 396 g/mol. The van der Waals surface area contributed by atoms with Gasteiger partial charge in [-0.1, -0.05) is 48.6 Å². The van der Waals surface area contributed by atoms with Gasteiger partial charge >= 0.3 is 6.18 Å². The summed E-state index contributed by atoms with van der Waals surface area (Å²) in [6, 6.07) is 10.2. The van der Waals surface area contributed by atoms with Gasteiger partial charge in [0.2, 0.25) is 0 Å². The van der Waals surface area contributed by atoms with Crippen LogP contribution < -0.4 is 5.32 Å². The van der Waals surface area contributed by atoms with Gasteiger partial charge in [0.25, 0.3) is 0 Å². The zero-order valence-corrected chi connectivity index (χ0v) is 16.2. The molecular formula is C18H17ClF3N3Si. The molecule has 0 bridgehead atoms. The van der Waals surface area contributed by atoms with E-state index in [2.05, 4.69) is 30.0 Å². The van der Waals surface area contributed by atoms with Gasteiger partial charge in [0.1, 0.15) is 8.07 Å². The Morgan fingerprint density at radius 1 is 1.04 bits per heavy atom. The van der Waals surface area contributed by atoms with Crippen LogP contribution in [-0.4, -0.2) is 23.1 Å². The summed E-state index contributed by atoms with van der Waals surface area (Å²) in [4.78, 5) is 0. The quantitative estimate of drug-likeness (QED) is 0.574.